The van der Waals surface area contributed by atoms with Crippen LogP contribution in [0.2, 0.25) is 0 Å². The number of aliphatic hydroxyl groups excluding tert-OH is 1. The van der Waals surface area contributed by atoms with Gasteiger partial charge in [0.05, 0.1) is 6.10 Å². The standard InChI is InChI=1S/C16H21NO4/c18-14-7-9-17(10-8-14)11-12-21-15-4-1-13(2-5-15)3-6-16(19)20/h1-6,14,18H,7-12H2,(H,19,20). The first kappa shape index (κ1) is 15.5. The van der Waals surface area contributed by atoms with E-state index in [4.69, 9.17) is 9.84 Å². The van der Waals surface area contributed by atoms with E-state index in [0.717, 1.165) is 49.9 Å². The minimum Gasteiger partial charge on any atom is -0.492 e. The Bertz CT molecular complexity index is 476. The summed E-state index contributed by atoms with van der Waals surface area (Å²) in [5.41, 5.74) is 0.828. The Morgan fingerprint density at radius 2 is 1.95 bits per heavy atom. The predicted octanol–water partition coefficient (Wildman–Crippen LogP) is 1.62. The molecule has 1 aromatic carbocycles. The van der Waals surface area contributed by atoms with Gasteiger partial charge in [-0.3, -0.25) is 4.90 Å². The normalized spacial score (nSPS) is 17.2. The molecule has 1 aromatic rings. The molecule has 0 atom stereocenters. The molecule has 0 saturated carbocycles. The summed E-state index contributed by atoms with van der Waals surface area (Å²) >= 11 is 0. The number of carboxylic acid groups (broad SMARTS) is 1. The lowest BCUT2D eigenvalue weighted by Gasteiger charge is -2.29. The average Bonchev–Trinajstić information content (AvgIpc) is 2.48. The predicted molar refractivity (Wildman–Crippen MR) is 80.3 cm³/mol. The highest BCUT2D eigenvalue weighted by Gasteiger charge is 2.16. The van der Waals surface area contributed by atoms with Gasteiger partial charge in [-0.15, -0.1) is 0 Å². The van der Waals surface area contributed by atoms with E-state index in [-0.39, 0.29) is 6.10 Å². The van der Waals surface area contributed by atoms with Crippen molar-refractivity contribution < 1.29 is 19.7 Å². The van der Waals surface area contributed by atoms with Crippen molar-refractivity contribution in [2.45, 2.75) is 18.9 Å². The number of piperidine rings is 1. The quantitative estimate of drug-likeness (QED) is 0.779. The van der Waals surface area contributed by atoms with Gasteiger partial charge < -0.3 is 14.9 Å². The van der Waals surface area contributed by atoms with Gasteiger partial charge in [-0.2, -0.15) is 0 Å². The van der Waals surface area contributed by atoms with E-state index in [1.165, 1.54) is 0 Å². The number of aliphatic hydroxyl groups is 1. The highest BCUT2D eigenvalue weighted by atomic mass is 16.5. The molecular weight excluding hydrogens is 270 g/mol. The smallest absolute Gasteiger partial charge is 0.328 e. The summed E-state index contributed by atoms with van der Waals surface area (Å²) in [6, 6.07) is 7.32. The van der Waals surface area contributed by atoms with Gasteiger partial charge in [-0.1, -0.05) is 12.1 Å². The van der Waals surface area contributed by atoms with Crippen LogP contribution in [0, 0.1) is 0 Å². The number of aliphatic carboxylic acids is 1. The van der Waals surface area contributed by atoms with Crippen molar-refractivity contribution in [1.82, 2.24) is 4.90 Å². The SMILES string of the molecule is O=C(O)C=Cc1ccc(OCCN2CCC(O)CC2)cc1. The van der Waals surface area contributed by atoms with Crippen LogP contribution in [0.1, 0.15) is 18.4 Å². The average molecular weight is 291 g/mol. The van der Waals surface area contributed by atoms with E-state index in [9.17, 15) is 9.90 Å². The first-order valence-electron chi connectivity index (χ1n) is 7.18. The first-order chi connectivity index (χ1) is 10.1. The number of ether oxygens (including phenoxy) is 1. The highest BCUT2D eigenvalue weighted by Crippen LogP contribution is 2.14. The Morgan fingerprint density at radius 1 is 1.29 bits per heavy atom. The fourth-order valence-electron chi connectivity index (χ4n) is 2.28. The number of hydrogen-bond donors (Lipinski definition) is 2. The zero-order valence-corrected chi connectivity index (χ0v) is 11.9. The van der Waals surface area contributed by atoms with Crippen molar-refractivity contribution in [3.8, 4) is 5.75 Å². The summed E-state index contributed by atoms with van der Waals surface area (Å²) in [4.78, 5) is 12.7. The molecule has 5 nitrogen and oxygen atoms in total. The van der Waals surface area contributed by atoms with Gasteiger partial charge in [0, 0.05) is 25.7 Å². The van der Waals surface area contributed by atoms with Crippen LogP contribution in [0.5, 0.6) is 5.75 Å². The number of hydrogen-bond acceptors (Lipinski definition) is 4. The third-order valence-corrected chi connectivity index (χ3v) is 3.53. The van der Waals surface area contributed by atoms with Gasteiger partial charge in [0.25, 0.3) is 0 Å². The molecule has 0 amide bonds. The lowest BCUT2D eigenvalue weighted by atomic mass is 10.1. The van der Waals surface area contributed by atoms with E-state index in [1.807, 2.05) is 24.3 Å². The van der Waals surface area contributed by atoms with Crippen LogP contribution in [-0.2, 0) is 4.79 Å². The molecule has 0 bridgehead atoms. The zero-order chi connectivity index (χ0) is 15.1. The first-order valence-corrected chi connectivity index (χ1v) is 7.18. The van der Waals surface area contributed by atoms with Crippen LogP contribution in [0.4, 0.5) is 0 Å². The van der Waals surface area contributed by atoms with Gasteiger partial charge in [-0.05, 0) is 36.6 Å². The molecule has 0 radical (unpaired) electrons. The van der Waals surface area contributed by atoms with Crippen LogP contribution in [0.25, 0.3) is 6.08 Å². The van der Waals surface area contributed by atoms with Crippen molar-refractivity contribution in [3.63, 3.8) is 0 Å². The molecule has 1 fully saturated rings. The molecule has 5 heteroatoms. The lowest BCUT2D eigenvalue weighted by Crippen LogP contribution is -2.38. The number of rotatable bonds is 6. The highest BCUT2D eigenvalue weighted by molar-refractivity contribution is 5.85. The fraction of sp³-hybridized carbons (Fsp3) is 0.438. The molecular formula is C16H21NO4. The van der Waals surface area contributed by atoms with Crippen LogP contribution < -0.4 is 4.74 Å². The maximum atomic E-state index is 10.4. The molecule has 2 rings (SSSR count). The fourth-order valence-corrected chi connectivity index (χ4v) is 2.28. The molecule has 0 unspecified atom stereocenters. The Kier molecular flexibility index (Phi) is 5.78. The maximum absolute atomic E-state index is 10.4. The number of carbonyl (C=O) groups is 1. The third kappa shape index (κ3) is 5.57. The Balaban J connectivity index is 1.72. The summed E-state index contributed by atoms with van der Waals surface area (Å²) < 4.78 is 5.67. The molecule has 1 saturated heterocycles. The van der Waals surface area contributed by atoms with Gasteiger partial charge >= 0.3 is 5.97 Å². The van der Waals surface area contributed by atoms with Crippen molar-refractivity contribution in [2.24, 2.45) is 0 Å². The maximum Gasteiger partial charge on any atom is 0.328 e. The number of carboxylic acids is 1. The molecule has 114 valence electrons. The zero-order valence-electron chi connectivity index (χ0n) is 11.9. The third-order valence-electron chi connectivity index (χ3n) is 3.53. The summed E-state index contributed by atoms with van der Waals surface area (Å²) in [5, 5.41) is 18.0. The molecule has 1 aliphatic rings. The van der Waals surface area contributed by atoms with Gasteiger partial charge in [0.15, 0.2) is 0 Å². The minimum absolute atomic E-state index is 0.145. The van der Waals surface area contributed by atoms with Crippen LogP contribution in [-0.4, -0.2) is 53.4 Å². The van der Waals surface area contributed by atoms with Crippen LogP contribution in [0.15, 0.2) is 30.3 Å². The van der Waals surface area contributed by atoms with E-state index in [1.54, 1.807) is 6.08 Å². The molecule has 0 spiro atoms. The van der Waals surface area contributed by atoms with Crippen LogP contribution >= 0.6 is 0 Å². The van der Waals surface area contributed by atoms with Crippen molar-refractivity contribution in [3.05, 3.63) is 35.9 Å². The molecule has 1 heterocycles. The second kappa shape index (κ2) is 7.81. The van der Waals surface area contributed by atoms with Gasteiger partial charge in [0.2, 0.25) is 0 Å². The number of nitrogens with zero attached hydrogens (tertiary/aromatic N) is 1. The molecule has 0 aromatic heterocycles. The van der Waals surface area contributed by atoms with Crippen molar-refractivity contribution in [2.75, 3.05) is 26.2 Å². The van der Waals surface area contributed by atoms with Crippen molar-refractivity contribution >= 4 is 12.0 Å². The molecule has 1 aliphatic heterocycles. The molecule has 2 N–H and O–H groups in total. The Hall–Kier alpha value is -1.85. The van der Waals surface area contributed by atoms with Gasteiger partial charge in [-0.25, -0.2) is 4.79 Å². The summed E-state index contributed by atoms with van der Waals surface area (Å²) in [6.07, 6.45) is 4.19. The molecule has 21 heavy (non-hydrogen) atoms. The summed E-state index contributed by atoms with van der Waals surface area (Å²) in [6.45, 7) is 3.31. The topological polar surface area (TPSA) is 70.0 Å². The minimum atomic E-state index is -0.957. The second-order valence-corrected chi connectivity index (χ2v) is 5.16. The van der Waals surface area contributed by atoms with E-state index in [2.05, 4.69) is 4.90 Å². The number of benzene rings is 1. The summed E-state index contributed by atoms with van der Waals surface area (Å²) in [7, 11) is 0. The Morgan fingerprint density at radius 3 is 2.57 bits per heavy atom. The van der Waals surface area contributed by atoms with Crippen LogP contribution in [0.3, 0.4) is 0 Å². The molecule has 0 aliphatic carbocycles. The Labute approximate surface area is 124 Å². The summed E-state index contributed by atoms with van der Waals surface area (Å²) in [5.74, 6) is -0.179. The van der Waals surface area contributed by atoms with E-state index >= 15 is 0 Å². The van der Waals surface area contributed by atoms with E-state index in [0.29, 0.717) is 6.61 Å². The monoisotopic (exact) mass is 291 g/mol. The van der Waals surface area contributed by atoms with Gasteiger partial charge in [0.1, 0.15) is 12.4 Å². The van der Waals surface area contributed by atoms with E-state index < -0.39 is 5.97 Å². The number of likely N-dealkylation sites (tertiary alicyclic amines) is 1. The van der Waals surface area contributed by atoms with Crippen molar-refractivity contribution in [1.29, 1.82) is 0 Å². The largest absolute Gasteiger partial charge is 0.492 e. The second-order valence-electron chi connectivity index (χ2n) is 5.16. The lowest BCUT2D eigenvalue weighted by molar-refractivity contribution is -0.131.